The molecule has 0 spiro atoms. The van der Waals surface area contributed by atoms with E-state index in [2.05, 4.69) is 0 Å². The Bertz CT molecular complexity index is 578. The Hall–Kier alpha value is -2.03. The molecule has 2 aromatic rings. The molecule has 0 aliphatic carbocycles. The summed E-state index contributed by atoms with van der Waals surface area (Å²) in [6.45, 7) is 0.641. The van der Waals surface area contributed by atoms with Crippen LogP contribution >= 0.6 is 0 Å². The minimum Gasteiger partial charge on any atom is -0.507 e. The third kappa shape index (κ3) is 1.64. The summed E-state index contributed by atoms with van der Waals surface area (Å²) in [5.41, 5.74) is 2.33. The fourth-order valence-corrected chi connectivity index (χ4v) is 2.15. The molecule has 1 N–H and O–H groups in total. The number of benzene rings is 2. The van der Waals surface area contributed by atoms with Crippen LogP contribution in [0.25, 0.3) is 11.1 Å². The van der Waals surface area contributed by atoms with E-state index in [0.29, 0.717) is 12.2 Å². The maximum Gasteiger partial charge on any atom is 0.130 e. The Morgan fingerprint density at radius 3 is 2.88 bits per heavy atom. The van der Waals surface area contributed by atoms with Crippen LogP contribution in [-0.2, 0) is 6.42 Å². The van der Waals surface area contributed by atoms with E-state index in [4.69, 9.17) is 4.74 Å². The van der Waals surface area contributed by atoms with Gasteiger partial charge < -0.3 is 9.84 Å². The Kier molecular flexibility index (Phi) is 2.25. The molecule has 0 bridgehead atoms. The molecule has 2 aromatic carbocycles. The van der Waals surface area contributed by atoms with Gasteiger partial charge in [-0.3, -0.25) is 0 Å². The quantitative estimate of drug-likeness (QED) is 0.815. The number of para-hydroxylation sites is 1. The van der Waals surface area contributed by atoms with Crippen LogP contribution in [0.3, 0.4) is 0 Å². The fourth-order valence-electron chi connectivity index (χ4n) is 2.15. The van der Waals surface area contributed by atoms with Crippen molar-refractivity contribution >= 4 is 0 Å². The van der Waals surface area contributed by atoms with Crippen LogP contribution in [0.5, 0.6) is 11.5 Å². The molecular formula is C14H11FO2. The summed E-state index contributed by atoms with van der Waals surface area (Å²) in [5.74, 6) is 0.456. The summed E-state index contributed by atoms with van der Waals surface area (Å²) in [6.07, 6.45) is 0.860. The van der Waals surface area contributed by atoms with E-state index < -0.39 is 0 Å². The minimum atomic E-state index is -0.367. The zero-order valence-corrected chi connectivity index (χ0v) is 9.11. The number of rotatable bonds is 1. The van der Waals surface area contributed by atoms with Gasteiger partial charge in [-0.25, -0.2) is 4.39 Å². The summed E-state index contributed by atoms with van der Waals surface area (Å²) in [6, 6.07) is 9.64. The number of fused-ring (bicyclic) bond motifs is 1. The smallest absolute Gasteiger partial charge is 0.130 e. The number of phenolic OH excluding ortho intramolecular Hbond substituents is 1. The van der Waals surface area contributed by atoms with Gasteiger partial charge in [-0.15, -0.1) is 0 Å². The van der Waals surface area contributed by atoms with Crippen molar-refractivity contribution in [1.82, 2.24) is 0 Å². The lowest BCUT2D eigenvalue weighted by Crippen LogP contribution is -1.89. The van der Waals surface area contributed by atoms with Crippen molar-refractivity contribution in [2.24, 2.45) is 0 Å². The number of ether oxygens (including phenoxy) is 1. The lowest BCUT2D eigenvalue weighted by molar-refractivity contribution is 0.358. The number of halogens is 1. The fraction of sp³-hybridized carbons (Fsp3) is 0.143. The van der Waals surface area contributed by atoms with Crippen molar-refractivity contribution in [3.8, 4) is 22.6 Å². The highest BCUT2D eigenvalue weighted by molar-refractivity contribution is 5.77. The van der Waals surface area contributed by atoms with Gasteiger partial charge in [-0.1, -0.05) is 18.2 Å². The van der Waals surface area contributed by atoms with Gasteiger partial charge in [0.1, 0.15) is 17.3 Å². The molecule has 0 radical (unpaired) electrons. The Morgan fingerprint density at radius 1 is 1.12 bits per heavy atom. The first kappa shape index (κ1) is 10.1. The highest BCUT2D eigenvalue weighted by Gasteiger charge is 2.18. The van der Waals surface area contributed by atoms with Crippen LogP contribution in [0.2, 0.25) is 0 Å². The molecule has 0 unspecified atom stereocenters. The topological polar surface area (TPSA) is 29.5 Å². The molecule has 86 valence electrons. The minimum absolute atomic E-state index is 0.0651. The number of hydrogen-bond acceptors (Lipinski definition) is 2. The average molecular weight is 230 g/mol. The van der Waals surface area contributed by atoms with E-state index in [9.17, 15) is 9.50 Å². The molecule has 1 aliphatic rings. The van der Waals surface area contributed by atoms with Crippen molar-refractivity contribution in [2.75, 3.05) is 6.61 Å². The number of phenols is 1. The van der Waals surface area contributed by atoms with Crippen molar-refractivity contribution in [3.63, 3.8) is 0 Å². The largest absolute Gasteiger partial charge is 0.507 e. The molecule has 17 heavy (non-hydrogen) atoms. The zero-order chi connectivity index (χ0) is 11.8. The molecule has 0 amide bonds. The van der Waals surface area contributed by atoms with Crippen LogP contribution in [0, 0.1) is 5.82 Å². The van der Waals surface area contributed by atoms with E-state index in [1.54, 1.807) is 0 Å². The predicted octanol–water partition coefficient (Wildman–Crippen LogP) is 3.13. The maximum atomic E-state index is 13.2. The molecule has 1 heterocycles. The summed E-state index contributed by atoms with van der Waals surface area (Å²) in [7, 11) is 0. The highest BCUT2D eigenvalue weighted by atomic mass is 19.1. The molecule has 2 nitrogen and oxygen atoms in total. The van der Waals surface area contributed by atoms with E-state index in [1.165, 1.54) is 18.2 Å². The molecule has 3 rings (SSSR count). The zero-order valence-electron chi connectivity index (χ0n) is 9.11. The van der Waals surface area contributed by atoms with Gasteiger partial charge in [-0.2, -0.15) is 0 Å². The van der Waals surface area contributed by atoms with Crippen molar-refractivity contribution in [2.45, 2.75) is 6.42 Å². The standard InChI is InChI=1S/C14H11FO2/c15-10-4-5-13(16)12(8-10)11-3-1-2-9-6-7-17-14(9)11/h1-5,8,16H,6-7H2. The second-order valence-electron chi connectivity index (χ2n) is 4.05. The van der Waals surface area contributed by atoms with Crippen LogP contribution in [0.4, 0.5) is 4.39 Å². The van der Waals surface area contributed by atoms with Crippen molar-refractivity contribution in [1.29, 1.82) is 0 Å². The number of aromatic hydroxyl groups is 1. The summed E-state index contributed by atoms with van der Waals surface area (Å²) in [5, 5.41) is 9.80. The van der Waals surface area contributed by atoms with Gasteiger partial charge in [0.05, 0.1) is 6.61 Å². The SMILES string of the molecule is Oc1ccc(F)cc1-c1cccc2c1OCC2. The first-order valence-electron chi connectivity index (χ1n) is 5.49. The van der Waals surface area contributed by atoms with E-state index >= 15 is 0 Å². The monoisotopic (exact) mass is 230 g/mol. The van der Waals surface area contributed by atoms with Gasteiger partial charge in [0, 0.05) is 17.5 Å². The Balaban J connectivity index is 2.22. The Labute approximate surface area is 98.3 Å². The van der Waals surface area contributed by atoms with Gasteiger partial charge in [0.2, 0.25) is 0 Å². The third-order valence-corrected chi connectivity index (χ3v) is 2.96. The lowest BCUT2D eigenvalue weighted by atomic mass is 10.0. The maximum absolute atomic E-state index is 13.2. The molecule has 3 heteroatoms. The normalized spacial score (nSPS) is 13.2. The van der Waals surface area contributed by atoms with Crippen molar-refractivity contribution in [3.05, 3.63) is 47.8 Å². The number of hydrogen-bond donors (Lipinski definition) is 1. The van der Waals surface area contributed by atoms with Gasteiger partial charge in [0.25, 0.3) is 0 Å². The molecule has 0 fully saturated rings. The summed E-state index contributed by atoms with van der Waals surface area (Å²) >= 11 is 0. The van der Waals surface area contributed by atoms with E-state index in [-0.39, 0.29) is 11.6 Å². The average Bonchev–Trinajstić information content (AvgIpc) is 2.80. The van der Waals surface area contributed by atoms with Gasteiger partial charge in [0.15, 0.2) is 0 Å². The van der Waals surface area contributed by atoms with Crippen LogP contribution in [0.15, 0.2) is 36.4 Å². The van der Waals surface area contributed by atoms with Crippen molar-refractivity contribution < 1.29 is 14.2 Å². The summed E-state index contributed by atoms with van der Waals surface area (Å²) < 4.78 is 18.8. The molecule has 0 atom stereocenters. The molecule has 0 saturated heterocycles. The first-order chi connectivity index (χ1) is 8.25. The van der Waals surface area contributed by atoms with Crippen LogP contribution in [0.1, 0.15) is 5.56 Å². The second-order valence-corrected chi connectivity index (χ2v) is 4.05. The predicted molar refractivity (Wildman–Crippen MR) is 62.7 cm³/mol. The highest BCUT2D eigenvalue weighted by Crippen LogP contribution is 2.40. The molecule has 0 aromatic heterocycles. The van der Waals surface area contributed by atoms with E-state index in [1.807, 2.05) is 18.2 Å². The molecular weight excluding hydrogens is 219 g/mol. The lowest BCUT2D eigenvalue weighted by Gasteiger charge is -2.09. The van der Waals surface area contributed by atoms with Crippen LogP contribution < -0.4 is 4.74 Å². The molecule has 1 aliphatic heterocycles. The molecule has 0 saturated carbocycles. The Morgan fingerprint density at radius 2 is 2.00 bits per heavy atom. The third-order valence-electron chi connectivity index (χ3n) is 2.96. The summed E-state index contributed by atoms with van der Waals surface area (Å²) in [4.78, 5) is 0. The van der Waals surface area contributed by atoms with Crippen LogP contribution in [-0.4, -0.2) is 11.7 Å². The van der Waals surface area contributed by atoms with Gasteiger partial charge in [-0.05, 0) is 23.8 Å². The van der Waals surface area contributed by atoms with Gasteiger partial charge >= 0.3 is 0 Å². The first-order valence-corrected chi connectivity index (χ1v) is 5.49. The van der Waals surface area contributed by atoms with E-state index in [0.717, 1.165) is 23.3 Å². The second kappa shape index (κ2) is 3.77.